The number of carbonyl (C=O) groups excluding carboxylic acids is 1. The maximum atomic E-state index is 12.0. The molecular weight excluding hydrogens is 226 g/mol. The molecule has 17 heavy (non-hydrogen) atoms. The van der Waals surface area contributed by atoms with Gasteiger partial charge in [0.15, 0.2) is 0 Å². The monoisotopic (exact) mass is 241 g/mol. The number of aliphatic hydroxyl groups excluding tert-OH is 1. The molecule has 0 aromatic carbocycles. The minimum Gasteiger partial charge on any atom is -0.395 e. The molecule has 0 unspecified atom stereocenters. The van der Waals surface area contributed by atoms with Crippen LogP contribution in [0.5, 0.6) is 0 Å². The summed E-state index contributed by atoms with van der Waals surface area (Å²) in [5.74, 6) is -0.522. The summed E-state index contributed by atoms with van der Waals surface area (Å²) in [6, 6.07) is -0.152. The highest BCUT2D eigenvalue weighted by Gasteiger charge is 2.20. The van der Waals surface area contributed by atoms with Gasteiger partial charge >= 0.3 is 5.69 Å². The Morgan fingerprint density at radius 2 is 2.12 bits per heavy atom. The second kappa shape index (κ2) is 5.44. The van der Waals surface area contributed by atoms with Crippen LogP contribution in [0.4, 0.5) is 0 Å². The van der Waals surface area contributed by atoms with Gasteiger partial charge in [-0.2, -0.15) is 0 Å². The van der Waals surface area contributed by atoms with Crippen LogP contribution >= 0.6 is 0 Å². The van der Waals surface area contributed by atoms with Gasteiger partial charge in [-0.3, -0.25) is 14.6 Å². The quantitative estimate of drug-likeness (QED) is 0.622. The van der Waals surface area contributed by atoms with Gasteiger partial charge in [0, 0.05) is 18.8 Å². The normalized spacial score (nSPS) is 10.6. The van der Waals surface area contributed by atoms with E-state index in [4.69, 9.17) is 5.11 Å². The van der Waals surface area contributed by atoms with E-state index in [-0.39, 0.29) is 24.8 Å². The molecule has 1 aromatic heterocycles. The van der Waals surface area contributed by atoms with Crippen LogP contribution in [0.15, 0.2) is 15.8 Å². The molecule has 1 amide bonds. The highest BCUT2D eigenvalue weighted by atomic mass is 16.3. The zero-order valence-corrected chi connectivity index (χ0v) is 9.69. The van der Waals surface area contributed by atoms with Crippen molar-refractivity contribution in [3.05, 3.63) is 32.6 Å². The SMILES string of the molecule is CC(C)N(CCO)C(=O)c1c[nH]c(=O)[nH]c1=O. The summed E-state index contributed by atoms with van der Waals surface area (Å²) >= 11 is 0. The second-order valence-electron chi connectivity index (χ2n) is 3.80. The first kappa shape index (κ1) is 13.2. The molecule has 1 heterocycles. The highest BCUT2D eigenvalue weighted by molar-refractivity contribution is 5.93. The first-order chi connectivity index (χ1) is 7.97. The Morgan fingerprint density at radius 1 is 1.47 bits per heavy atom. The minimum absolute atomic E-state index is 0.134. The lowest BCUT2D eigenvalue weighted by Crippen LogP contribution is -2.42. The Hall–Kier alpha value is -1.89. The summed E-state index contributed by atoms with van der Waals surface area (Å²) in [5.41, 5.74) is -1.54. The number of nitrogens with one attached hydrogen (secondary N) is 2. The molecule has 0 aliphatic rings. The molecule has 0 aliphatic carbocycles. The molecule has 0 bridgehead atoms. The largest absolute Gasteiger partial charge is 0.395 e. The summed E-state index contributed by atoms with van der Waals surface area (Å²) in [4.78, 5) is 39.8. The summed E-state index contributed by atoms with van der Waals surface area (Å²) in [6.07, 6.45) is 1.08. The van der Waals surface area contributed by atoms with Crippen LogP contribution in [0.2, 0.25) is 0 Å². The molecule has 1 aromatic rings. The lowest BCUT2D eigenvalue weighted by molar-refractivity contribution is 0.0663. The van der Waals surface area contributed by atoms with Crippen molar-refractivity contribution < 1.29 is 9.90 Å². The molecular formula is C10H15N3O4. The zero-order valence-electron chi connectivity index (χ0n) is 9.69. The van der Waals surface area contributed by atoms with Crippen LogP contribution in [0.1, 0.15) is 24.2 Å². The van der Waals surface area contributed by atoms with Crippen LogP contribution in [0, 0.1) is 0 Å². The number of aliphatic hydroxyl groups is 1. The standard InChI is InChI=1S/C10H15N3O4/c1-6(2)13(3-4-14)9(16)7-5-11-10(17)12-8(7)15/h5-6,14H,3-4H2,1-2H3,(H2,11,12,15,17). The Morgan fingerprint density at radius 3 is 2.59 bits per heavy atom. The molecule has 1 rings (SSSR count). The van der Waals surface area contributed by atoms with E-state index >= 15 is 0 Å². The van der Waals surface area contributed by atoms with Gasteiger partial charge in [0.25, 0.3) is 11.5 Å². The van der Waals surface area contributed by atoms with Crippen molar-refractivity contribution in [3.8, 4) is 0 Å². The average molecular weight is 241 g/mol. The Balaban J connectivity index is 3.09. The van der Waals surface area contributed by atoms with Crippen LogP contribution in [-0.4, -0.2) is 45.1 Å². The van der Waals surface area contributed by atoms with Gasteiger partial charge in [-0.05, 0) is 13.8 Å². The Bertz CT molecular complexity index is 503. The maximum Gasteiger partial charge on any atom is 0.325 e. The number of H-pyrrole nitrogens is 2. The van der Waals surface area contributed by atoms with Gasteiger partial charge in [-0.25, -0.2) is 4.79 Å². The Labute approximate surface area is 97.1 Å². The minimum atomic E-state index is -0.734. The van der Waals surface area contributed by atoms with Crippen molar-refractivity contribution >= 4 is 5.91 Å². The number of hydrogen-bond donors (Lipinski definition) is 3. The first-order valence-corrected chi connectivity index (χ1v) is 5.21. The van der Waals surface area contributed by atoms with Crippen LogP contribution in [-0.2, 0) is 0 Å². The van der Waals surface area contributed by atoms with E-state index in [1.54, 1.807) is 13.8 Å². The predicted molar refractivity (Wildman–Crippen MR) is 60.9 cm³/mol. The lowest BCUT2D eigenvalue weighted by Gasteiger charge is -2.25. The fourth-order valence-electron chi connectivity index (χ4n) is 1.43. The number of aromatic amines is 2. The van der Waals surface area contributed by atoms with E-state index in [1.165, 1.54) is 4.90 Å². The molecule has 0 saturated carbocycles. The van der Waals surface area contributed by atoms with E-state index in [2.05, 4.69) is 4.98 Å². The van der Waals surface area contributed by atoms with Crippen LogP contribution < -0.4 is 11.2 Å². The molecule has 3 N–H and O–H groups in total. The third-order valence-electron chi connectivity index (χ3n) is 2.27. The van der Waals surface area contributed by atoms with Gasteiger partial charge in [0.1, 0.15) is 5.56 Å². The molecule has 0 spiro atoms. The summed E-state index contributed by atoms with van der Waals surface area (Å²) < 4.78 is 0. The molecule has 7 heteroatoms. The number of rotatable bonds is 4. The second-order valence-corrected chi connectivity index (χ2v) is 3.80. The number of hydrogen-bond acceptors (Lipinski definition) is 4. The Kier molecular flexibility index (Phi) is 4.22. The highest BCUT2D eigenvalue weighted by Crippen LogP contribution is 2.03. The molecule has 0 radical (unpaired) electrons. The lowest BCUT2D eigenvalue weighted by atomic mass is 10.2. The van der Waals surface area contributed by atoms with Gasteiger partial charge in [0.2, 0.25) is 0 Å². The van der Waals surface area contributed by atoms with E-state index in [1.807, 2.05) is 4.98 Å². The van der Waals surface area contributed by atoms with Gasteiger partial charge in [0.05, 0.1) is 6.61 Å². The van der Waals surface area contributed by atoms with E-state index in [9.17, 15) is 14.4 Å². The first-order valence-electron chi connectivity index (χ1n) is 5.21. The van der Waals surface area contributed by atoms with E-state index in [0.717, 1.165) is 6.20 Å². The molecule has 0 saturated heterocycles. The van der Waals surface area contributed by atoms with E-state index < -0.39 is 17.2 Å². The molecule has 0 atom stereocenters. The van der Waals surface area contributed by atoms with Gasteiger partial charge < -0.3 is 15.0 Å². The molecule has 0 aliphatic heterocycles. The molecule has 0 fully saturated rings. The summed E-state index contributed by atoms with van der Waals surface area (Å²) in [7, 11) is 0. The third-order valence-corrected chi connectivity index (χ3v) is 2.27. The van der Waals surface area contributed by atoms with Gasteiger partial charge in [-0.1, -0.05) is 0 Å². The predicted octanol–water partition coefficient (Wildman–Crippen LogP) is -1.09. The maximum absolute atomic E-state index is 12.0. The van der Waals surface area contributed by atoms with E-state index in [0.29, 0.717) is 0 Å². The van der Waals surface area contributed by atoms with Crippen molar-refractivity contribution in [2.45, 2.75) is 19.9 Å². The smallest absolute Gasteiger partial charge is 0.325 e. The average Bonchev–Trinajstić information content (AvgIpc) is 2.24. The van der Waals surface area contributed by atoms with Gasteiger partial charge in [-0.15, -0.1) is 0 Å². The van der Waals surface area contributed by atoms with Crippen molar-refractivity contribution in [1.29, 1.82) is 0 Å². The third kappa shape index (κ3) is 3.04. The number of amides is 1. The molecule has 94 valence electrons. The molecule has 7 nitrogen and oxygen atoms in total. The number of carbonyl (C=O) groups is 1. The summed E-state index contributed by atoms with van der Waals surface area (Å²) in [5, 5.41) is 8.86. The van der Waals surface area contributed by atoms with Crippen molar-refractivity contribution in [3.63, 3.8) is 0 Å². The van der Waals surface area contributed by atoms with Crippen LogP contribution in [0.3, 0.4) is 0 Å². The van der Waals surface area contributed by atoms with Crippen molar-refractivity contribution in [2.24, 2.45) is 0 Å². The number of nitrogens with zero attached hydrogens (tertiary/aromatic N) is 1. The van der Waals surface area contributed by atoms with Crippen molar-refractivity contribution in [2.75, 3.05) is 13.2 Å². The fraction of sp³-hybridized carbons (Fsp3) is 0.500. The summed E-state index contributed by atoms with van der Waals surface area (Å²) in [6.45, 7) is 3.49. The van der Waals surface area contributed by atoms with Crippen LogP contribution in [0.25, 0.3) is 0 Å². The topological polar surface area (TPSA) is 106 Å². The van der Waals surface area contributed by atoms with Crippen molar-refractivity contribution in [1.82, 2.24) is 14.9 Å². The fourth-order valence-corrected chi connectivity index (χ4v) is 1.43. The zero-order chi connectivity index (χ0) is 13.0. The number of aromatic nitrogens is 2.